The molecule has 1 aliphatic heterocycles. The number of methoxy groups -OCH3 is 1. The van der Waals surface area contributed by atoms with Crippen LogP contribution >= 0.6 is 0 Å². The topological polar surface area (TPSA) is 72.6 Å². The van der Waals surface area contributed by atoms with E-state index in [-0.39, 0.29) is 28.6 Å². The molecule has 1 heterocycles. The van der Waals surface area contributed by atoms with Gasteiger partial charge in [-0.3, -0.25) is 4.79 Å². The molecule has 130 valence electrons. The SMILES string of the molecule is COC(=O)[C@@H]1[C@@H]2[C@H](CN1C(=O)[C@@H](N)C1(C)CCCCC1)C2(C)C. The highest BCUT2D eigenvalue weighted by Gasteiger charge is 2.70. The second-order valence-corrected chi connectivity index (χ2v) is 8.60. The van der Waals surface area contributed by atoms with Crippen LogP contribution in [0.3, 0.4) is 0 Å². The van der Waals surface area contributed by atoms with Crippen molar-refractivity contribution in [1.82, 2.24) is 4.90 Å². The largest absolute Gasteiger partial charge is 0.467 e. The Morgan fingerprint density at radius 3 is 2.35 bits per heavy atom. The van der Waals surface area contributed by atoms with Crippen molar-refractivity contribution in [2.75, 3.05) is 13.7 Å². The van der Waals surface area contributed by atoms with Gasteiger partial charge in [-0.25, -0.2) is 4.79 Å². The third kappa shape index (κ3) is 2.48. The molecule has 2 aliphatic carbocycles. The Labute approximate surface area is 138 Å². The number of ether oxygens (including phenoxy) is 1. The number of likely N-dealkylation sites (tertiary alicyclic amines) is 1. The molecule has 1 saturated heterocycles. The normalized spacial score (nSPS) is 35.3. The fourth-order valence-corrected chi connectivity index (χ4v) is 5.05. The van der Waals surface area contributed by atoms with Gasteiger partial charge >= 0.3 is 5.97 Å². The average Bonchev–Trinajstić information content (AvgIpc) is 2.89. The first-order chi connectivity index (χ1) is 10.7. The van der Waals surface area contributed by atoms with Crippen LogP contribution in [0.1, 0.15) is 52.9 Å². The van der Waals surface area contributed by atoms with Crippen molar-refractivity contribution < 1.29 is 14.3 Å². The summed E-state index contributed by atoms with van der Waals surface area (Å²) in [7, 11) is 1.40. The van der Waals surface area contributed by atoms with Crippen molar-refractivity contribution in [3.63, 3.8) is 0 Å². The predicted molar refractivity (Wildman–Crippen MR) is 87.4 cm³/mol. The van der Waals surface area contributed by atoms with Crippen LogP contribution in [0.15, 0.2) is 0 Å². The number of carbonyl (C=O) groups excluding carboxylic acids is 2. The van der Waals surface area contributed by atoms with Gasteiger partial charge in [0.15, 0.2) is 0 Å². The molecule has 5 nitrogen and oxygen atoms in total. The van der Waals surface area contributed by atoms with Gasteiger partial charge < -0.3 is 15.4 Å². The summed E-state index contributed by atoms with van der Waals surface area (Å²) in [6.45, 7) is 7.10. The van der Waals surface area contributed by atoms with Crippen LogP contribution in [-0.4, -0.2) is 42.5 Å². The molecule has 0 aromatic rings. The van der Waals surface area contributed by atoms with Gasteiger partial charge in [0, 0.05) is 12.5 Å². The predicted octanol–water partition coefficient (Wildman–Crippen LogP) is 1.94. The second kappa shape index (κ2) is 5.47. The minimum absolute atomic E-state index is 0.0622. The van der Waals surface area contributed by atoms with Gasteiger partial charge in [0.1, 0.15) is 6.04 Å². The van der Waals surface area contributed by atoms with Crippen molar-refractivity contribution in [2.45, 2.75) is 65.0 Å². The van der Waals surface area contributed by atoms with Gasteiger partial charge in [0.25, 0.3) is 0 Å². The van der Waals surface area contributed by atoms with Crippen LogP contribution in [-0.2, 0) is 14.3 Å². The molecule has 1 amide bonds. The van der Waals surface area contributed by atoms with Crippen LogP contribution in [0.25, 0.3) is 0 Å². The minimum Gasteiger partial charge on any atom is -0.467 e. The molecule has 3 fully saturated rings. The highest BCUT2D eigenvalue weighted by atomic mass is 16.5. The summed E-state index contributed by atoms with van der Waals surface area (Å²) in [5.41, 5.74) is 6.37. The van der Waals surface area contributed by atoms with Crippen molar-refractivity contribution in [1.29, 1.82) is 0 Å². The van der Waals surface area contributed by atoms with Gasteiger partial charge in [0.05, 0.1) is 13.2 Å². The maximum atomic E-state index is 13.1. The van der Waals surface area contributed by atoms with Crippen molar-refractivity contribution in [2.24, 2.45) is 28.4 Å². The summed E-state index contributed by atoms with van der Waals surface area (Å²) in [5, 5.41) is 0. The number of nitrogens with zero attached hydrogens (tertiary/aromatic N) is 1. The lowest BCUT2D eigenvalue weighted by Crippen LogP contribution is -2.57. The Kier molecular flexibility index (Phi) is 3.98. The molecule has 0 spiro atoms. The summed E-state index contributed by atoms with van der Waals surface area (Å²) in [4.78, 5) is 27.0. The number of fused-ring (bicyclic) bond motifs is 1. The van der Waals surface area contributed by atoms with E-state index in [1.165, 1.54) is 13.5 Å². The molecule has 2 N–H and O–H groups in total. The summed E-state index contributed by atoms with van der Waals surface area (Å²) in [5.74, 6) is 0.248. The number of nitrogens with two attached hydrogens (primary N) is 1. The lowest BCUT2D eigenvalue weighted by Gasteiger charge is -2.41. The van der Waals surface area contributed by atoms with E-state index in [4.69, 9.17) is 10.5 Å². The van der Waals surface area contributed by atoms with E-state index in [0.717, 1.165) is 25.7 Å². The average molecular weight is 322 g/mol. The summed E-state index contributed by atoms with van der Waals surface area (Å²) in [6.07, 6.45) is 5.49. The first kappa shape index (κ1) is 16.7. The summed E-state index contributed by atoms with van der Waals surface area (Å²) < 4.78 is 4.98. The van der Waals surface area contributed by atoms with Crippen molar-refractivity contribution in [3.05, 3.63) is 0 Å². The summed E-state index contributed by atoms with van der Waals surface area (Å²) in [6, 6.07) is -0.971. The van der Waals surface area contributed by atoms with Crippen LogP contribution in [0.2, 0.25) is 0 Å². The third-order valence-corrected chi connectivity index (χ3v) is 6.95. The van der Waals surface area contributed by atoms with Crippen LogP contribution in [0.4, 0.5) is 0 Å². The Bertz CT molecular complexity index is 510. The summed E-state index contributed by atoms with van der Waals surface area (Å²) >= 11 is 0. The molecule has 3 rings (SSSR count). The zero-order valence-corrected chi connectivity index (χ0v) is 14.8. The maximum Gasteiger partial charge on any atom is 0.328 e. The van der Waals surface area contributed by atoms with E-state index in [2.05, 4.69) is 20.8 Å². The smallest absolute Gasteiger partial charge is 0.328 e. The molecular weight excluding hydrogens is 292 g/mol. The van der Waals surface area contributed by atoms with Crippen LogP contribution in [0, 0.1) is 22.7 Å². The van der Waals surface area contributed by atoms with E-state index in [0.29, 0.717) is 12.5 Å². The highest BCUT2D eigenvalue weighted by molar-refractivity contribution is 5.89. The quantitative estimate of drug-likeness (QED) is 0.806. The third-order valence-electron chi connectivity index (χ3n) is 6.95. The van der Waals surface area contributed by atoms with Crippen molar-refractivity contribution in [3.8, 4) is 0 Å². The zero-order valence-electron chi connectivity index (χ0n) is 14.8. The first-order valence-corrected chi connectivity index (χ1v) is 8.88. The monoisotopic (exact) mass is 322 g/mol. The Hall–Kier alpha value is -1.10. The lowest BCUT2D eigenvalue weighted by molar-refractivity contribution is -0.154. The number of carbonyl (C=O) groups is 2. The Balaban J connectivity index is 1.78. The molecule has 4 atom stereocenters. The molecule has 23 heavy (non-hydrogen) atoms. The number of piperidine rings is 1. The second-order valence-electron chi connectivity index (χ2n) is 8.60. The fourth-order valence-electron chi connectivity index (χ4n) is 5.05. The highest BCUT2D eigenvalue weighted by Crippen LogP contribution is 2.65. The molecule has 0 bridgehead atoms. The standard InChI is InChI=1S/C18H30N2O3/c1-17(2)11-10-20(13(12(11)17)16(22)23-4)15(21)14(19)18(3)8-6-5-7-9-18/h11-14H,5-10,19H2,1-4H3/t11-,12-,13-,14+/m0/s1. The lowest BCUT2D eigenvalue weighted by atomic mass is 9.70. The maximum absolute atomic E-state index is 13.1. The fraction of sp³-hybridized carbons (Fsp3) is 0.889. The number of rotatable bonds is 3. The molecule has 3 aliphatic rings. The molecule has 2 saturated carbocycles. The van der Waals surface area contributed by atoms with Gasteiger partial charge in [-0.1, -0.05) is 40.0 Å². The van der Waals surface area contributed by atoms with E-state index < -0.39 is 12.1 Å². The molecular formula is C18H30N2O3. The molecule has 0 unspecified atom stereocenters. The molecule has 0 aromatic heterocycles. The first-order valence-electron chi connectivity index (χ1n) is 8.88. The molecule has 0 radical (unpaired) electrons. The number of amides is 1. The Morgan fingerprint density at radius 1 is 1.17 bits per heavy atom. The van der Waals surface area contributed by atoms with Gasteiger partial charge in [-0.15, -0.1) is 0 Å². The van der Waals surface area contributed by atoms with Crippen molar-refractivity contribution >= 4 is 11.9 Å². The Morgan fingerprint density at radius 2 is 1.78 bits per heavy atom. The number of esters is 1. The number of hydrogen-bond donors (Lipinski definition) is 1. The van der Waals surface area contributed by atoms with Gasteiger partial charge in [-0.2, -0.15) is 0 Å². The van der Waals surface area contributed by atoms with E-state index in [9.17, 15) is 9.59 Å². The van der Waals surface area contributed by atoms with Crippen LogP contribution in [0.5, 0.6) is 0 Å². The minimum atomic E-state index is -0.518. The zero-order chi connectivity index (χ0) is 17.0. The van der Waals surface area contributed by atoms with E-state index in [1.54, 1.807) is 4.90 Å². The van der Waals surface area contributed by atoms with E-state index >= 15 is 0 Å². The van der Waals surface area contributed by atoms with E-state index in [1.807, 2.05) is 0 Å². The molecule has 0 aromatic carbocycles. The van der Waals surface area contributed by atoms with Gasteiger partial charge in [-0.05, 0) is 29.6 Å². The van der Waals surface area contributed by atoms with Crippen LogP contribution < -0.4 is 5.73 Å². The molecule has 5 heteroatoms. The number of hydrogen-bond acceptors (Lipinski definition) is 4. The van der Waals surface area contributed by atoms with Gasteiger partial charge in [0.2, 0.25) is 5.91 Å².